The van der Waals surface area contributed by atoms with Crippen LogP contribution in [0.1, 0.15) is 25.7 Å². The smallest absolute Gasteiger partial charge is 0.260 e. The Balaban J connectivity index is 1.45. The van der Waals surface area contributed by atoms with E-state index in [-0.39, 0.29) is 24.3 Å². The number of para-hydroxylation sites is 1. The molecule has 0 unspecified atom stereocenters. The molecule has 24 heavy (non-hydrogen) atoms. The summed E-state index contributed by atoms with van der Waals surface area (Å²) in [4.78, 5) is 28.4. The van der Waals surface area contributed by atoms with E-state index in [9.17, 15) is 9.59 Å². The zero-order chi connectivity index (χ0) is 16.9. The molecule has 0 N–H and O–H groups in total. The van der Waals surface area contributed by atoms with Gasteiger partial charge in [-0.25, -0.2) is 0 Å². The van der Waals surface area contributed by atoms with Crippen LogP contribution in [0.5, 0.6) is 5.75 Å². The molecule has 5 nitrogen and oxygen atoms in total. The van der Waals surface area contributed by atoms with Gasteiger partial charge in [0, 0.05) is 32.1 Å². The third-order valence-electron chi connectivity index (χ3n) is 4.80. The molecular formula is C18H23ClN2O3. The number of rotatable bonds is 4. The van der Waals surface area contributed by atoms with Gasteiger partial charge in [-0.05, 0) is 37.8 Å². The Kier molecular flexibility index (Phi) is 5.61. The summed E-state index contributed by atoms with van der Waals surface area (Å²) in [6.07, 6.45) is 3.71. The zero-order valence-electron chi connectivity index (χ0n) is 13.7. The average molecular weight is 351 g/mol. The van der Waals surface area contributed by atoms with Crippen molar-refractivity contribution in [2.45, 2.75) is 25.7 Å². The molecule has 6 heteroatoms. The molecule has 3 rings (SSSR count). The van der Waals surface area contributed by atoms with E-state index >= 15 is 0 Å². The van der Waals surface area contributed by atoms with E-state index < -0.39 is 0 Å². The highest BCUT2D eigenvalue weighted by Crippen LogP contribution is 2.24. The molecule has 0 radical (unpaired) electrons. The fourth-order valence-corrected chi connectivity index (χ4v) is 3.55. The molecule has 2 heterocycles. The van der Waals surface area contributed by atoms with Gasteiger partial charge < -0.3 is 14.5 Å². The summed E-state index contributed by atoms with van der Waals surface area (Å²) >= 11 is 6.02. The highest BCUT2D eigenvalue weighted by atomic mass is 35.5. The first-order valence-electron chi connectivity index (χ1n) is 8.59. The molecular weight excluding hydrogens is 328 g/mol. The van der Waals surface area contributed by atoms with Gasteiger partial charge in [0.2, 0.25) is 5.91 Å². The third kappa shape index (κ3) is 4.01. The SMILES string of the molecule is O=C(COc1ccccc1Cl)N1CCC(C(=O)N2CCCC2)CC1. The maximum absolute atomic E-state index is 12.4. The number of hydrogen-bond donors (Lipinski definition) is 0. The highest BCUT2D eigenvalue weighted by Gasteiger charge is 2.31. The standard InChI is InChI=1S/C18H23ClN2O3/c19-15-5-1-2-6-16(15)24-13-17(22)20-11-7-14(8-12-20)18(23)21-9-3-4-10-21/h1-2,5-6,14H,3-4,7-13H2. The predicted molar refractivity (Wildman–Crippen MR) is 92.1 cm³/mol. The number of piperidine rings is 1. The Morgan fingerprint density at radius 2 is 1.71 bits per heavy atom. The molecule has 0 spiro atoms. The second kappa shape index (κ2) is 7.88. The van der Waals surface area contributed by atoms with Crippen LogP contribution in [0.2, 0.25) is 5.02 Å². The molecule has 1 aromatic carbocycles. The number of benzene rings is 1. The van der Waals surface area contributed by atoms with Crippen LogP contribution in [0.4, 0.5) is 0 Å². The normalized spacial score (nSPS) is 18.7. The van der Waals surface area contributed by atoms with Gasteiger partial charge >= 0.3 is 0 Å². The molecule has 2 amide bonds. The van der Waals surface area contributed by atoms with Crippen molar-refractivity contribution in [1.29, 1.82) is 0 Å². The van der Waals surface area contributed by atoms with Crippen LogP contribution in [0.3, 0.4) is 0 Å². The largest absolute Gasteiger partial charge is 0.482 e. The number of halogens is 1. The van der Waals surface area contributed by atoms with Crippen molar-refractivity contribution in [2.75, 3.05) is 32.8 Å². The van der Waals surface area contributed by atoms with E-state index in [1.807, 2.05) is 17.0 Å². The summed E-state index contributed by atoms with van der Waals surface area (Å²) < 4.78 is 5.51. The van der Waals surface area contributed by atoms with Crippen LogP contribution >= 0.6 is 11.6 Å². The Morgan fingerprint density at radius 1 is 1.04 bits per heavy atom. The van der Waals surface area contributed by atoms with E-state index in [0.717, 1.165) is 38.8 Å². The lowest BCUT2D eigenvalue weighted by Crippen LogP contribution is -2.45. The van der Waals surface area contributed by atoms with Crippen molar-refractivity contribution in [3.63, 3.8) is 0 Å². The predicted octanol–water partition coefficient (Wildman–Crippen LogP) is 2.58. The maximum atomic E-state index is 12.4. The summed E-state index contributed by atoms with van der Waals surface area (Å²) in [5.41, 5.74) is 0. The van der Waals surface area contributed by atoms with E-state index in [1.54, 1.807) is 17.0 Å². The number of nitrogens with zero attached hydrogens (tertiary/aromatic N) is 2. The Hall–Kier alpha value is -1.75. The zero-order valence-corrected chi connectivity index (χ0v) is 14.5. The first-order chi connectivity index (χ1) is 11.6. The average Bonchev–Trinajstić information content (AvgIpc) is 3.15. The molecule has 1 aromatic rings. The molecule has 2 aliphatic rings. The second-order valence-corrected chi connectivity index (χ2v) is 6.81. The van der Waals surface area contributed by atoms with E-state index in [1.165, 1.54) is 0 Å². The lowest BCUT2D eigenvalue weighted by atomic mass is 9.95. The Labute approximate surface area is 147 Å². The first kappa shape index (κ1) is 17.1. The second-order valence-electron chi connectivity index (χ2n) is 6.41. The van der Waals surface area contributed by atoms with Gasteiger partial charge in [-0.1, -0.05) is 23.7 Å². The summed E-state index contributed by atoms with van der Waals surface area (Å²) in [6, 6.07) is 7.12. The van der Waals surface area contributed by atoms with Crippen LogP contribution in [-0.2, 0) is 9.59 Å². The maximum Gasteiger partial charge on any atom is 0.260 e. The van der Waals surface area contributed by atoms with Crippen molar-refractivity contribution < 1.29 is 14.3 Å². The van der Waals surface area contributed by atoms with Gasteiger partial charge in [0.05, 0.1) is 5.02 Å². The molecule has 0 saturated carbocycles. The topological polar surface area (TPSA) is 49.9 Å². The van der Waals surface area contributed by atoms with E-state index in [2.05, 4.69) is 0 Å². The van der Waals surface area contributed by atoms with Crippen molar-refractivity contribution in [3.8, 4) is 5.75 Å². The minimum absolute atomic E-state index is 0.0194. The van der Waals surface area contributed by atoms with Gasteiger partial charge in [0.1, 0.15) is 5.75 Å². The number of likely N-dealkylation sites (tertiary alicyclic amines) is 2. The molecule has 0 bridgehead atoms. The molecule has 0 atom stereocenters. The fraction of sp³-hybridized carbons (Fsp3) is 0.556. The number of carbonyl (C=O) groups excluding carboxylic acids is 2. The van der Waals surface area contributed by atoms with Gasteiger partial charge in [-0.15, -0.1) is 0 Å². The van der Waals surface area contributed by atoms with E-state index in [4.69, 9.17) is 16.3 Å². The van der Waals surface area contributed by atoms with Crippen molar-refractivity contribution in [1.82, 2.24) is 9.80 Å². The summed E-state index contributed by atoms with van der Waals surface area (Å²) in [5.74, 6) is 0.803. The van der Waals surface area contributed by atoms with Crippen LogP contribution in [-0.4, -0.2) is 54.4 Å². The summed E-state index contributed by atoms with van der Waals surface area (Å²) in [5, 5.41) is 0.500. The molecule has 2 fully saturated rings. The van der Waals surface area contributed by atoms with Crippen molar-refractivity contribution >= 4 is 23.4 Å². The van der Waals surface area contributed by atoms with Gasteiger partial charge in [-0.2, -0.15) is 0 Å². The minimum Gasteiger partial charge on any atom is -0.482 e. The van der Waals surface area contributed by atoms with Crippen LogP contribution in [0.15, 0.2) is 24.3 Å². The van der Waals surface area contributed by atoms with Crippen LogP contribution < -0.4 is 4.74 Å². The van der Waals surface area contributed by atoms with Crippen molar-refractivity contribution in [2.24, 2.45) is 5.92 Å². The number of carbonyl (C=O) groups is 2. The van der Waals surface area contributed by atoms with Gasteiger partial charge in [0.25, 0.3) is 5.91 Å². The molecule has 0 aliphatic carbocycles. The van der Waals surface area contributed by atoms with Crippen molar-refractivity contribution in [3.05, 3.63) is 29.3 Å². The summed E-state index contributed by atoms with van der Waals surface area (Å²) in [7, 11) is 0. The fourth-order valence-electron chi connectivity index (χ4n) is 3.36. The highest BCUT2D eigenvalue weighted by molar-refractivity contribution is 6.32. The van der Waals surface area contributed by atoms with Crippen LogP contribution in [0, 0.1) is 5.92 Å². The summed E-state index contributed by atoms with van der Waals surface area (Å²) in [6.45, 7) is 3.01. The molecule has 130 valence electrons. The van der Waals surface area contributed by atoms with Gasteiger partial charge in [-0.3, -0.25) is 9.59 Å². The molecule has 2 aliphatic heterocycles. The first-order valence-corrected chi connectivity index (χ1v) is 8.97. The Morgan fingerprint density at radius 3 is 2.38 bits per heavy atom. The van der Waals surface area contributed by atoms with Crippen LogP contribution in [0.25, 0.3) is 0 Å². The lowest BCUT2D eigenvalue weighted by molar-refractivity contribution is -0.140. The number of hydrogen-bond acceptors (Lipinski definition) is 3. The molecule has 0 aromatic heterocycles. The number of ether oxygens (including phenoxy) is 1. The minimum atomic E-state index is -0.0537. The third-order valence-corrected chi connectivity index (χ3v) is 5.11. The van der Waals surface area contributed by atoms with Gasteiger partial charge in [0.15, 0.2) is 6.61 Å². The lowest BCUT2D eigenvalue weighted by Gasteiger charge is -2.33. The quantitative estimate of drug-likeness (QED) is 0.838. The van der Waals surface area contributed by atoms with E-state index in [0.29, 0.717) is 23.9 Å². The number of amides is 2. The monoisotopic (exact) mass is 350 g/mol. The Bertz CT molecular complexity index is 594. The molecule has 2 saturated heterocycles.